The number of para-hydroxylation sites is 1. The van der Waals surface area contributed by atoms with Gasteiger partial charge in [-0.15, -0.1) is 0 Å². The molecule has 1 aliphatic rings. The van der Waals surface area contributed by atoms with E-state index < -0.39 is 0 Å². The Morgan fingerprint density at radius 1 is 0.625 bits per heavy atom. The second-order valence-electron chi connectivity index (χ2n) is 5.85. The minimum atomic E-state index is 0.344. The van der Waals surface area contributed by atoms with Crippen molar-refractivity contribution < 1.29 is 0 Å². The molecule has 4 aromatic rings. The second kappa shape index (κ2) is 5.65. The van der Waals surface area contributed by atoms with E-state index in [0.717, 1.165) is 0 Å². The molecule has 0 radical (unpaired) electrons. The highest BCUT2D eigenvalue weighted by Crippen LogP contribution is 2.38. The van der Waals surface area contributed by atoms with Gasteiger partial charge < -0.3 is 4.90 Å². The normalized spacial score (nSPS) is 12.8. The van der Waals surface area contributed by atoms with Gasteiger partial charge in [0.2, 0.25) is 0 Å². The van der Waals surface area contributed by atoms with Gasteiger partial charge in [-0.05, 0) is 35.0 Å². The van der Waals surface area contributed by atoms with Gasteiger partial charge in [-0.2, -0.15) is 22.7 Å². The van der Waals surface area contributed by atoms with E-state index in [4.69, 9.17) is 0 Å². The first-order valence-corrected chi connectivity index (χ1v) is 9.74. The van der Waals surface area contributed by atoms with Gasteiger partial charge in [0.15, 0.2) is 0 Å². The molecule has 0 unspecified atom stereocenters. The standard InChI is InChI=1S/C20H14BNS2/c1-3-7-15(8-4-1)21-19-17(11-13-23-19)22(16-9-5-2-6-10-16)18-12-14-24-20(18)21/h1-14H. The molecule has 114 valence electrons. The monoisotopic (exact) mass is 343 g/mol. The lowest BCUT2D eigenvalue weighted by Gasteiger charge is -2.32. The molecule has 0 bridgehead atoms. The summed E-state index contributed by atoms with van der Waals surface area (Å²) >= 11 is 3.72. The molecule has 5 rings (SSSR count). The maximum Gasteiger partial charge on any atom is 0.272 e. The van der Waals surface area contributed by atoms with Gasteiger partial charge in [0.25, 0.3) is 6.71 Å². The largest absolute Gasteiger partial charge is 0.310 e. The maximum absolute atomic E-state index is 2.40. The number of fused-ring (bicyclic) bond motifs is 2. The van der Waals surface area contributed by atoms with E-state index in [1.54, 1.807) is 0 Å². The van der Waals surface area contributed by atoms with Crippen molar-refractivity contribution in [2.75, 3.05) is 4.90 Å². The SMILES string of the molecule is c1ccc(B2c3sccc3N(c3ccccc3)c3ccsc32)cc1. The summed E-state index contributed by atoms with van der Waals surface area (Å²) in [5.74, 6) is 0. The zero-order valence-electron chi connectivity index (χ0n) is 12.9. The van der Waals surface area contributed by atoms with Crippen molar-refractivity contribution in [1.82, 2.24) is 0 Å². The fraction of sp³-hybridized carbons (Fsp3) is 0. The van der Waals surface area contributed by atoms with Crippen molar-refractivity contribution in [3.05, 3.63) is 83.6 Å². The Kier molecular flexibility index (Phi) is 3.32. The average Bonchev–Trinajstić information content (AvgIpc) is 3.30. The molecule has 2 aromatic heterocycles. The highest BCUT2D eigenvalue weighted by Gasteiger charge is 2.37. The van der Waals surface area contributed by atoms with Crippen LogP contribution in [-0.2, 0) is 0 Å². The fourth-order valence-corrected chi connectivity index (χ4v) is 5.58. The summed E-state index contributed by atoms with van der Waals surface area (Å²) in [6.45, 7) is 0.344. The molecule has 0 N–H and O–H groups in total. The second-order valence-corrected chi connectivity index (χ2v) is 7.75. The van der Waals surface area contributed by atoms with Crippen molar-refractivity contribution in [2.45, 2.75) is 0 Å². The van der Waals surface area contributed by atoms with Gasteiger partial charge in [0.05, 0.1) is 11.4 Å². The van der Waals surface area contributed by atoms with E-state index >= 15 is 0 Å². The van der Waals surface area contributed by atoms with Crippen LogP contribution < -0.4 is 19.9 Å². The van der Waals surface area contributed by atoms with Gasteiger partial charge in [-0.3, -0.25) is 0 Å². The molecule has 0 saturated carbocycles. The first-order valence-electron chi connectivity index (χ1n) is 7.98. The van der Waals surface area contributed by atoms with Crippen LogP contribution in [0.3, 0.4) is 0 Å². The van der Waals surface area contributed by atoms with Gasteiger partial charge in [0, 0.05) is 15.2 Å². The Balaban J connectivity index is 1.75. The van der Waals surface area contributed by atoms with Gasteiger partial charge in [-0.25, -0.2) is 0 Å². The average molecular weight is 343 g/mol. The van der Waals surface area contributed by atoms with Crippen LogP contribution in [0.2, 0.25) is 0 Å². The molecular formula is C20H14BNS2. The third-order valence-corrected chi connectivity index (χ3v) is 6.44. The van der Waals surface area contributed by atoms with Gasteiger partial charge in [-0.1, -0.05) is 54.0 Å². The Morgan fingerprint density at radius 3 is 1.75 bits per heavy atom. The fourth-order valence-electron chi connectivity index (χ4n) is 3.48. The zero-order chi connectivity index (χ0) is 15.9. The van der Waals surface area contributed by atoms with E-state index in [1.807, 2.05) is 22.7 Å². The summed E-state index contributed by atoms with van der Waals surface area (Å²) in [4.78, 5) is 2.40. The van der Waals surface area contributed by atoms with Crippen molar-refractivity contribution in [3.8, 4) is 0 Å². The van der Waals surface area contributed by atoms with Crippen LogP contribution in [-0.4, -0.2) is 6.71 Å². The summed E-state index contributed by atoms with van der Waals surface area (Å²) in [6, 6.07) is 26.0. The van der Waals surface area contributed by atoms with Crippen molar-refractivity contribution >= 4 is 61.5 Å². The lowest BCUT2D eigenvalue weighted by atomic mass is 9.41. The van der Waals surface area contributed by atoms with Crippen LogP contribution in [0.4, 0.5) is 17.1 Å². The molecule has 0 saturated heterocycles. The Bertz CT molecular complexity index is 856. The van der Waals surface area contributed by atoms with Crippen LogP contribution in [0.15, 0.2) is 83.6 Å². The first kappa shape index (κ1) is 14.1. The molecule has 1 aliphatic heterocycles. The van der Waals surface area contributed by atoms with E-state index in [1.165, 1.54) is 32.1 Å². The molecule has 0 spiro atoms. The molecule has 3 heterocycles. The number of anilines is 3. The zero-order valence-corrected chi connectivity index (χ0v) is 14.6. The highest BCUT2D eigenvalue weighted by molar-refractivity contribution is 7.35. The first-order chi connectivity index (χ1) is 11.9. The minimum absolute atomic E-state index is 0.344. The number of benzene rings is 2. The van der Waals surface area contributed by atoms with E-state index in [-0.39, 0.29) is 0 Å². The topological polar surface area (TPSA) is 3.24 Å². The van der Waals surface area contributed by atoms with Crippen molar-refractivity contribution in [3.63, 3.8) is 0 Å². The maximum atomic E-state index is 2.40. The quantitative estimate of drug-likeness (QED) is 0.436. The Labute approximate surface area is 149 Å². The van der Waals surface area contributed by atoms with Gasteiger partial charge in [0.1, 0.15) is 0 Å². The van der Waals surface area contributed by atoms with Gasteiger partial charge >= 0.3 is 0 Å². The summed E-state index contributed by atoms with van der Waals surface area (Å²) in [7, 11) is 0. The number of nitrogens with zero attached hydrogens (tertiary/aromatic N) is 1. The van der Waals surface area contributed by atoms with Crippen LogP contribution >= 0.6 is 22.7 Å². The molecule has 4 heteroatoms. The van der Waals surface area contributed by atoms with Crippen LogP contribution in [0.25, 0.3) is 0 Å². The molecule has 0 aliphatic carbocycles. The number of rotatable bonds is 2. The van der Waals surface area contributed by atoms with Crippen LogP contribution in [0.1, 0.15) is 0 Å². The number of hydrogen-bond acceptors (Lipinski definition) is 3. The van der Waals surface area contributed by atoms with Crippen LogP contribution in [0, 0.1) is 0 Å². The summed E-state index contributed by atoms with van der Waals surface area (Å²) in [5.41, 5.74) is 5.22. The summed E-state index contributed by atoms with van der Waals surface area (Å²) in [6.07, 6.45) is 0. The summed E-state index contributed by atoms with van der Waals surface area (Å²) < 4.78 is 2.86. The molecule has 0 fully saturated rings. The highest BCUT2D eigenvalue weighted by atomic mass is 32.1. The molecule has 1 nitrogen and oxygen atoms in total. The lowest BCUT2D eigenvalue weighted by Crippen LogP contribution is -2.54. The third kappa shape index (κ3) is 2.07. The lowest BCUT2D eigenvalue weighted by molar-refractivity contribution is 1.32. The Hall–Kier alpha value is -2.30. The summed E-state index contributed by atoms with van der Waals surface area (Å²) in [5, 5.41) is 4.43. The predicted octanol–water partition coefficient (Wildman–Crippen LogP) is 4.11. The smallest absolute Gasteiger partial charge is 0.272 e. The van der Waals surface area contributed by atoms with E-state index in [2.05, 4.69) is 88.5 Å². The minimum Gasteiger partial charge on any atom is -0.310 e. The van der Waals surface area contributed by atoms with E-state index in [0.29, 0.717) is 6.71 Å². The number of thiophene rings is 2. The molecule has 24 heavy (non-hydrogen) atoms. The predicted molar refractivity (Wildman–Crippen MR) is 108 cm³/mol. The molecule has 2 aromatic carbocycles. The molecule has 0 atom stereocenters. The Morgan fingerprint density at radius 2 is 1.17 bits per heavy atom. The number of hydrogen-bond donors (Lipinski definition) is 0. The molecular weight excluding hydrogens is 329 g/mol. The third-order valence-electron chi connectivity index (χ3n) is 4.50. The van der Waals surface area contributed by atoms with Crippen molar-refractivity contribution in [2.24, 2.45) is 0 Å². The van der Waals surface area contributed by atoms with Crippen LogP contribution in [0.5, 0.6) is 0 Å². The van der Waals surface area contributed by atoms with E-state index in [9.17, 15) is 0 Å². The molecule has 0 amide bonds. The van der Waals surface area contributed by atoms with Crippen molar-refractivity contribution in [1.29, 1.82) is 0 Å².